The Morgan fingerprint density at radius 3 is 2.62 bits per heavy atom. The van der Waals surface area contributed by atoms with E-state index in [1.54, 1.807) is 50.5 Å². The molecule has 0 saturated heterocycles. The summed E-state index contributed by atoms with van der Waals surface area (Å²) in [4.78, 5) is 42.2. The molecular weight excluding hydrogens is 515 g/mol. The fourth-order valence-corrected chi connectivity index (χ4v) is 3.75. The Hall–Kier alpha value is -5.46. The SMILES string of the molecule is C/N=C\c1nc(Nc2cc(C)nc(-c3ccc(C(=O)NCc4ccc(-c5ccc(F)nc5C)nc4)nc3)n2)no1. The number of aryl methyl sites for hydroxylation is 2. The fourth-order valence-electron chi connectivity index (χ4n) is 3.75. The number of halogens is 1. The van der Waals surface area contributed by atoms with Crippen LogP contribution in [0.25, 0.3) is 22.6 Å². The van der Waals surface area contributed by atoms with Gasteiger partial charge in [0, 0.05) is 54.6 Å². The third-order valence-corrected chi connectivity index (χ3v) is 5.64. The first kappa shape index (κ1) is 26.2. The van der Waals surface area contributed by atoms with Crippen molar-refractivity contribution in [1.29, 1.82) is 0 Å². The van der Waals surface area contributed by atoms with E-state index in [2.05, 4.69) is 50.7 Å². The zero-order valence-electron chi connectivity index (χ0n) is 21.8. The minimum Gasteiger partial charge on any atom is -0.347 e. The van der Waals surface area contributed by atoms with Crippen LogP contribution in [0, 0.1) is 19.8 Å². The number of hydrogen-bond donors (Lipinski definition) is 2. The van der Waals surface area contributed by atoms with Crippen molar-refractivity contribution in [3.63, 3.8) is 0 Å². The second-order valence-corrected chi connectivity index (χ2v) is 8.62. The number of anilines is 2. The van der Waals surface area contributed by atoms with Crippen molar-refractivity contribution in [3.8, 4) is 22.6 Å². The Kier molecular flexibility index (Phi) is 7.53. The summed E-state index contributed by atoms with van der Waals surface area (Å²) in [6.07, 6.45) is 4.63. The number of amides is 1. The normalized spacial score (nSPS) is 11.1. The van der Waals surface area contributed by atoms with E-state index < -0.39 is 5.95 Å². The zero-order valence-corrected chi connectivity index (χ0v) is 21.8. The minimum atomic E-state index is -0.534. The van der Waals surface area contributed by atoms with Crippen molar-refractivity contribution in [2.75, 3.05) is 12.4 Å². The molecule has 0 aliphatic rings. The highest BCUT2D eigenvalue weighted by Gasteiger charge is 2.12. The molecular formula is C27H23FN10O2. The lowest BCUT2D eigenvalue weighted by Gasteiger charge is -2.08. The van der Waals surface area contributed by atoms with Gasteiger partial charge in [0.15, 0.2) is 5.82 Å². The Balaban J connectivity index is 1.22. The molecule has 0 saturated carbocycles. The van der Waals surface area contributed by atoms with Gasteiger partial charge in [0.25, 0.3) is 17.7 Å². The highest BCUT2D eigenvalue weighted by molar-refractivity contribution is 5.92. The summed E-state index contributed by atoms with van der Waals surface area (Å²) in [6.45, 7) is 3.81. The van der Waals surface area contributed by atoms with Crippen molar-refractivity contribution in [2.24, 2.45) is 4.99 Å². The van der Waals surface area contributed by atoms with Crippen LogP contribution in [-0.4, -0.2) is 54.2 Å². The predicted molar refractivity (Wildman–Crippen MR) is 144 cm³/mol. The molecule has 40 heavy (non-hydrogen) atoms. The summed E-state index contributed by atoms with van der Waals surface area (Å²) in [5, 5.41) is 9.64. The molecule has 1 amide bonds. The molecule has 5 aromatic rings. The predicted octanol–water partition coefficient (Wildman–Crippen LogP) is 3.86. The number of aromatic nitrogens is 7. The number of nitrogens with one attached hydrogen (secondary N) is 2. The van der Waals surface area contributed by atoms with Crippen LogP contribution >= 0.6 is 0 Å². The third-order valence-electron chi connectivity index (χ3n) is 5.64. The molecule has 0 bridgehead atoms. The number of rotatable bonds is 8. The Morgan fingerprint density at radius 1 is 1.02 bits per heavy atom. The van der Waals surface area contributed by atoms with Crippen molar-refractivity contribution in [3.05, 3.63) is 89.3 Å². The number of hydrogen-bond acceptors (Lipinski definition) is 11. The molecule has 0 fully saturated rings. The summed E-state index contributed by atoms with van der Waals surface area (Å²) in [5.41, 5.74) is 4.33. The number of carbonyl (C=O) groups is 1. The lowest BCUT2D eigenvalue weighted by molar-refractivity contribution is 0.0946. The van der Waals surface area contributed by atoms with Gasteiger partial charge in [-0.1, -0.05) is 6.07 Å². The molecule has 5 heterocycles. The zero-order chi connectivity index (χ0) is 28.1. The summed E-state index contributed by atoms with van der Waals surface area (Å²) < 4.78 is 18.3. The minimum absolute atomic E-state index is 0.233. The lowest BCUT2D eigenvalue weighted by atomic mass is 10.1. The van der Waals surface area contributed by atoms with Crippen LogP contribution in [-0.2, 0) is 6.54 Å². The molecule has 0 spiro atoms. The first-order chi connectivity index (χ1) is 19.4. The maximum Gasteiger partial charge on any atom is 0.270 e. The van der Waals surface area contributed by atoms with Crippen molar-refractivity contribution < 1.29 is 13.7 Å². The second-order valence-electron chi connectivity index (χ2n) is 8.62. The summed E-state index contributed by atoms with van der Waals surface area (Å²) >= 11 is 0. The van der Waals surface area contributed by atoms with Gasteiger partial charge in [0.05, 0.1) is 11.9 Å². The molecule has 13 heteroatoms. The molecule has 200 valence electrons. The van der Waals surface area contributed by atoms with Gasteiger partial charge in [-0.3, -0.25) is 19.8 Å². The Bertz CT molecular complexity index is 1690. The number of nitrogens with zero attached hydrogens (tertiary/aromatic N) is 8. The maximum atomic E-state index is 13.3. The van der Waals surface area contributed by atoms with E-state index in [0.717, 1.165) is 11.1 Å². The standard InChI is InChI=1S/C27H23FN10O2/c1-15-10-23(36-27-37-24(14-29-3)40-38-27)35-25(33-15)18-5-8-21(31-13-18)26(39)32-12-17-4-7-20(30-11-17)19-6-9-22(28)34-16(19)2/h4-11,13-14H,12H2,1-3H3,(H,32,39)(H,33,35,36,38)/b29-14-. The van der Waals surface area contributed by atoms with Gasteiger partial charge >= 0.3 is 0 Å². The van der Waals surface area contributed by atoms with E-state index in [4.69, 9.17) is 4.52 Å². The number of aliphatic imine (C=N–C) groups is 1. The van der Waals surface area contributed by atoms with Crippen molar-refractivity contribution in [1.82, 2.24) is 40.4 Å². The van der Waals surface area contributed by atoms with Gasteiger partial charge in [-0.25, -0.2) is 15.0 Å². The Labute approximate surface area is 227 Å². The van der Waals surface area contributed by atoms with E-state index >= 15 is 0 Å². The van der Waals surface area contributed by atoms with E-state index in [1.165, 1.54) is 18.5 Å². The van der Waals surface area contributed by atoms with Crippen LogP contribution in [0.2, 0.25) is 0 Å². The fraction of sp³-hybridized carbons (Fsp3) is 0.148. The number of carbonyl (C=O) groups excluding carboxylic acids is 1. The van der Waals surface area contributed by atoms with E-state index in [1.807, 2.05) is 13.0 Å². The van der Waals surface area contributed by atoms with Crippen LogP contribution in [0.4, 0.5) is 16.2 Å². The quantitative estimate of drug-likeness (QED) is 0.220. The van der Waals surface area contributed by atoms with Crippen LogP contribution in [0.15, 0.2) is 64.4 Å². The third kappa shape index (κ3) is 6.15. The van der Waals surface area contributed by atoms with Gasteiger partial charge < -0.3 is 15.2 Å². The molecule has 0 aromatic carbocycles. The summed E-state index contributed by atoms with van der Waals surface area (Å²) in [6, 6.07) is 11.6. The molecule has 5 rings (SSSR count). The average Bonchev–Trinajstić information content (AvgIpc) is 3.38. The molecule has 0 radical (unpaired) electrons. The lowest BCUT2D eigenvalue weighted by Crippen LogP contribution is -2.23. The van der Waals surface area contributed by atoms with Crippen molar-refractivity contribution in [2.45, 2.75) is 20.4 Å². The molecule has 2 N–H and O–H groups in total. The molecule has 0 aliphatic heterocycles. The first-order valence-electron chi connectivity index (χ1n) is 12.1. The van der Waals surface area contributed by atoms with E-state index in [-0.39, 0.29) is 30.0 Å². The van der Waals surface area contributed by atoms with Gasteiger partial charge in [-0.05, 0) is 54.9 Å². The number of pyridine rings is 3. The monoisotopic (exact) mass is 538 g/mol. The largest absolute Gasteiger partial charge is 0.347 e. The van der Waals surface area contributed by atoms with E-state index in [9.17, 15) is 9.18 Å². The second kappa shape index (κ2) is 11.5. The molecule has 0 atom stereocenters. The van der Waals surface area contributed by atoms with Crippen LogP contribution < -0.4 is 10.6 Å². The average molecular weight is 539 g/mol. The molecule has 0 unspecified atom stereocenters. The van der Waals surface area contributed by atoms with Crippen molar-refractivity contribution >= 4 is 23.9 Å². The maximum absolute atomic E-state index is 13.3. The van der Waals surface area contributed by atoms with Crippen LogP contribution in [0.3, 0.4) is 0 Å². The van der Waals surface area contributed by atoms with E-state index in [0.29, 0.717) is 34.3 Å². The molecule has 0 aliphatic carbocycles. The Morgan fingerprint density at radius 2 is 1.90 bits per heavy atom. The van der Waals surface area contributed by atoms with Gasteiger partial charge in [-0.15, -0.1) is 0 Å². The van der Waals surface area contributed by atoms with Gasteiger partial charge in [-0.2, -0.15) is 9.37 Å². The smallest absolute Gasteiger partial charge is 0.270 e. The first-order valence-corrected chi connectivity index (χ1v) is 12.1. The summed E-state index contributed by atoms with van der Waals surface area (Å²) in [7, 11) is 1.60. The topological polar surface area (TPSA) is 157 Å². The summed E-state index contributed by atoms with van der Waals surface area (Å²) in [5.74, 6) is 0.503. The van der Waals surface area contributed by atoms with Crippen LogP contribution in [0.1, 0.15) is 33.3 Å². The van der Waals surface area contributed by atoms with Gasteiger partial charge in [0.2, 0.25) is 5.95 Å². The highest BCUT2D eigenvalue weighted by atomic mass is 19.1. The molecule has 12 nitrogen and oxygen atoms in total. The van der Waals surface area contributed by atoms with Crippen LogP contribution in [0.5, 0.6) is 0 Å². The highest BCUT2D eigenvalue weighted by Crippen LogP contribution is 2.21. The van der Waals surface area contributed by atoms with Gasteiger partial charge in [0.1, 0.15) is 11.5 Å². The molecule has 5 aromatic heterocycles.